The van der Waals surface area contributed by atoms with Crippen molar-refractivity contribution in [2.75, 3.05) is 6.54 Å². The zero-order valence-corrected chi connectivity index (χ0v) is 20.1. The van der Waals surface area contributed by atoms with Crippen LogP contribution in [0.3, 0.4) is 0 Å². The molecule has 1 aromatic carbocycles. The molecule has 1 aliphatic heterocycles. The molecule has 7 N–H and O–H groups in total. The molecule has 1 saturated heterocycles. The number of primary amides is 1. The van der Waals surface area contributed by atoms with E-state index in [4.69, 9.17) is 11.5 Å². The summed E-state index contributed by atoms with van der Waals surface area (Å²) >= 11 is 0. The highest BCUT2D eigenvalue weighted by atomic mass is 16.4. The number of nitrogens with two attached hydrogens (primary N) is 2. The van der Waals surface area contributed by atoms with Crippen molar-refractivity contribution in [1.82, 2.24) is 15.5 Å². The van der Waals surface area contributed by atoms with Crippen LogP contribution in [0.25, 0.3) is 0 Å². The largest absolute Gasteiger partial charge is 0.480 e. The van der Waals surface area contributed by atoms with Gasteiger partial charge in [0.25, 0.3) is 0 Å². The van der Waals surface area contributed by atoms with Gasteiger partial charge in [-0.2, -0.15) is 0 Å². The number of benzene rings is 1. The number of amides is 4. The average Bonchev–Trinajstić information content (AvgIpc) is 3.27. The number of aliphatic carboxylic acids is 1. The summed E-state index contributed by atoms with van der Waals surface area (Å²) in [6, 6.07) is 5.18. The van der Waals surface area contributed by atoms with Crippen LogP contribution in [0, 0.1) is 5.92 Å². The highest BCUT2D eigenvalue weighted by molar-refractivity contribution is 5.95. The van der Waals surface area contributed by atoms with E-state index in [1.54, 1.807) is 0 Å². The molecule has 35 heavy (non-hydrogen) atoms. The smallest absolute Gasteiger partial charge is 0.326 e. The third-order valence-corrected chi connectivity index (χ3v) is 5.81. The van der Waals surface area contributed by atoms with Crippen molar-refractivity contribution in [2.45, 2.75) is 70.1 Å². The third kappa shape index (κ3) is 8.36. The Labute approximate surface area is 204 Å². The number of carbonyl (C=O) groups excluding carboxylic acids is 4. The van der Waals surface area contributed by atoms with Crippen LogP contribution in [0.15, 0.2) is 30.3 Å². The molecule has 2 rings (SSSR count). The third-order valence-electron chi connectivity index (χ3n) is 5.81. The summed E-state index contributed by atoms with van der Waals surface area (Å²) in [5, 5.41) is 14.2. The molecule has 0 aliphatic carbocycles. The Morgan fingerprint density at radius 3 is 2.31 bits per heavy atom. The SMILES string of the molecule is CC(C)CC(NC(=O)C1CCCN1C(=O)C(N)Cc1ccccc1)C(=O)NC(CC(N)=O)C(=O)O. The average molecular weight is 490 g/mol. The molecule has 11 nitrogen and oxygen atoms in total. The van der Waals surface area contributed by atoms with E-state index in [2.05, 4.69) is 10.6 Å². The van der Waals surface area contributed by atoms with Crippen molar-refractivity contribution in [3.05, 3.63) is 35.9 Å². The van der Waals surface area contributed by atoms with Crippen molar-refractivity contribution in [3.8, 4) is 0 Å². The van der Waals surface area contributed by atoms with Crippen LogP contribution >= 0.6 is 0 Å². The van der Waals surface area contributed by atoms with Crippen LogP contribution in [0.5, 0.6) is 0 Å². The van der Waals surface area contributed by atoms with Gasteiger partial charge in [0, 0.05) is 6.54 Å². The molecule has 1 heterocycles. The highest BCUT2D eigenvalue weighted by Crippen LogP contribution is 2.20. The van der Waals surface area contributed by atoms with Gasteiger partial charge in [0.2, 0.25) is 23.6 Å². The number of carboxylic acids is 1. The highest BCUT2D eigenvalue weighted by Gasteiger charge is 2.38. The van der Waals surface area contributed by atoms with E-state index < -0.39 is 54.3 Å². The van der Waals surface area contributed by atoms with Crippen LogP contribution in [0.2, 0.25) is 0 Å². The van der Waals surface area contributed by atoms with E-state index in [9.17, 15) is 29.1 Å². The van der Waals surface area contributed by atoms with Gasteiger partial charge in [-0.1, -0.05) is 44.2 Å². The molecule has 11 heteroatoms. The number of hydrogen-bond donors (Lipinski definition) is 5. The van der Waals surface area contributed by atoms with Crippen LogP contribution in [-0.2, 0) is 30.4 Å². The minimum absolute atomic E-state index is 0.00826. The Morgan fingerprint density at radius 1 is 1.09 bits per heavy atom. The first-order valence-electron chi connectivity index (χ1n) is 11.7. The van der Waals surface area contributed by atoms with E-state index in [-0.39, 0.29) is 18.2 Å². The molecule has 0 saturated carbocycles. The summed E-state index contributed by atoms with van der Waals surface area (Å²) in [5.41, 5.74) is 12.1. The molecule has 1 aliphatic rings. The van der Waals surface area contributed by atoms with Gasteiger partial charge in [-0.15, -0.1) is 0 Å². The minimum atomic E-state index is -1.51. The van der Waals surface area contributed by atoms with E-state index in [1.807, 2.05) is 44.2 Å². The van der Waals surface area contributed by atoms with Crippen LogP contribution < -0.4 is 22.1 Å². The topological polar surface area (TPSA) is 185 Å². The fourth-order valence-corrected chi connectivity index (χ4v) is 4.12. The quantitative estimate of drug-likeness (QED) is 0.262. The molecule has 4 unspecified atom stereocenters. The summed E-state index contributed by atoms with van der Waals surface area (Å²) in [6.45, 7) is 4.07. The van der Waals surface area contributed by atoms with Gasteiger partial charge in [-0.25, -0.2) is 4.79 Å². The first kappa shape index (κ1) is 27.8. The lowest BCUT2D eigenvalue weighted by Gasteiger charge is -2.29. The summed E-state index contributed by atoms with van der Waals surface area (Å²) in [4.78, 5) is 62.9. The molecule has 4 atom stereocenters. The first-order valence-corrected chi connectivity index (χ1v) is 11.7. The summed E-state index contributed by atoms with van der Waals surface area (Å²) in [7, 11) is 0. The predicted molar refractivity (Wildman–Crippen MR) is 128 cm³/mol. The number of carbonyl (C=O) groups is 5. The Balaban J connectivity index is 2.08. The maximum Gasteiger partial charge on any atom is 0.326 e. The van der Waals surface area contributed by atoms with Crippen molar-refractivity contribution < 1.29 is 29.1 Å². The van der Waals surface area contributed by atoms with Crippen molar-refractivity contribution >= 4 is 29.6 Å². The van der Waals surface area contributed by atoms with E-state index in [0.29, 0.717) is 25.8 Å². The van der Waals surface area contributed by atoms with Crippen LogP contribution in [0.4, 0.5) is 0 Å². The summed E-state index contributed by atoms with van der Waals surface area (Å²) < 4.78 is 0. The molecular formula is C24H35N5O6. The van der Waals surface area contributed by atoms with E-state index >= 15 is 0 Å². The maximum absolute atomic E-state index is 13.1. The first-order chi connectivity index (χ1) is 16.5. The standard InChI is InChI=1S/C24H35N5O6/c1-14(2)11-17(21(31)28-18(24(34)35)13-20(26)30)27-22(32)19-9-6-10-29(19)23(33)16(25)12-15-7-4-3-5-8-15/h3-5,7-8,14,16-19H,6,9-13,25H2,1-2H3,(H2,26,30)(H,27,32)(H,28,31)(H,34,35). The molecule has 0 bridgehead atoms. The Hall–Kier alpha value is -3.47. The summed E-state index contributed by atoms with van der Waals surface area (Å²) in [5.74, 6) is -3.89. The van der Waals surface area contributed by atoms with Gasteiger partial charge >= 0.3 is 5.97 Å². The number of nitrogens with zero attached hydrogens (tertiary/aromatic N) is 1. The fraction of sp³-hybridized carbons (Fsp3) is 0.542. The van der Waals surface area contributed by atoms with Crippen LogP contribution in [0.1, 0.15) is 45.1 Å². The summed E-state index contributed by atoms with van der Waals surface area (Å²) in [6.07, 6.45) is 1.02. The zero-order chi connectivity index (χ0) is 26.1. The van der Waals surface area contributed by atoms with E-state index in [0.717, 1.165) is 5.56 Å². The Bertz CT molecular complexity index is 922. The minimum Gasteiger partial charge on any atom is -0.480 e. The van der Waals surface area contributed by atoms with Gasteiger partial charge < -0.3 is 32.1 Å². The second kappa shape index (κ2) is 12.8. The molecule has 1 fully saturated rings. The number of hydrogen-bond acceptors (Lipinski definition) is 6. The van der Waals surface area contributed by atoms with E-state index in [1.165, 1.54) is 4.90 Å². The van der Waals surface area contributed by atoms with Gasteiger partial charge in [-0.05, 0) is 37.2 Å². The van der Waals surface area contributed by atoms with Gasteiger partial charge in [0.1, 0.15) is 18.1 Å². The molecule has 192 valence electrons. The van der Waals surface area contributed by atoms with Gasteiger partial charge in [-0.3, -0.25) is 19.2 Å². The van der Waals surface area contributed by atoms with Gasteiger partial charge in [0.05, 0.1) is 12.5 Å². The van der Waals surface area contributed by atoms with Gasteiger partial charge in [0.15, 0.2) is 0 Å². The lowest BCUT2D eigenvalue weighted by molar-refractivity contribution is -0.144. The number of nitrogens with one attached hydrogen (secondary N) is 2. The second-order valence-electron chi connectivity index (χ2n) is 9.25. The number of carboxylic acid groups (broad SMARTS) is 1. The molecular weight excluding hydrogens is 454 g/mol. The monoisotopic (exact) mass is 489 g/mol. The molecule has 4 amide bonds. The predicted octanol–water partition coefficient (Wildman–Crippen LogP) is -0.477. The second-order valence-corrected chi connectivity index (χ2v) is 9.25. The lowest BCUT2D eigenvalue weighted by Crippen LogP contribution is -2.57. The van der Waals surface area contributed by atoms with Crippen molar-refractivity contribution in [2.24, 2.45) is 17.4 Å². The zero-order valence-electron chi connectivity index (χ0n) is 20.1. The molecule has 0 aromatic heterocycles. The normalized spacial score (nSPS) is 17.9. The Morgan fingerprint density at radius 2 is 1.74 bits per heavy atom. The van der Waals surface area contributed by atoms with Crippen LogP contribution in [-0.4, -0.2) is 70.3 Å². The molecule has 0 radical (unpaired) electrons. The van der Waals surface area contributed by atoms with Crippen molar-refractivity contribution in [3.63, 3.8) is 0 Å². The molecule has 1 aromatic rings. The number of likely N-dealkylation sites (tertiary alicyclic amines) is 1. The molecule has 0 spiro atoms. The Kier molecular flexibility index (Phi) is 10.2. The maximum atomic E-state index is 13.1. The number of rotatable bonds is 12. The lowest BCUT2D eigenvalue weighted by atomic mass is 10.0. The fourth-order valence-electron chi connectivity index (χ4n) is 4.12. The van der Waals surface area contributed by atoms with Crippen molar-refractivity contribution in [1.29, 1.82) is 0 Å².